The van der Waals surface area contributed by atoms with Gasteiger partial charge in [-0.1, -0.05) is 0 Å². The van der Waals surface area contributed by atoms with Gasteiger partial charge >= 0.3 is 0 Å². The first-order valence-corrected chi connectivity index (χ1v) is 6.68. The maximum Gasteiger partial charge on any atom is 0.299 e. The van der Waals surface area contributed by atoms with E-state index < -0.39 is 20.4 Å². The minimum Gasteiger partial charge on any atom is -0.367 e. The number of morpholine rings is 1. The summed E-state index contributed by atoms with van der Waals surface area (Å²) in [5.41, 5.74) is -0.993. The van der Waals surface area contributed by atoms with Crippen molar-refractivity contribution in [2.45, 2.75) is 38.9 Å². The number of nitrogens with zero attached hydrogens (tertiary/aromatic N) is 1. The van der Waals surface area contributed by atoms with Crippen molar-refractivity contribution < 1.29 is 13.2 Å². The molecular weight excluding hydrogens is 226 g/mol. The standard InChI is InChI=1S/C8H16ClNO3S/c1-7(2)5-10(14(9,11)12)6-8(3,4)13-7/h5-6H2,1-4H3. The molecule has 14 heavy (non-hydrogen) atoms. The SMILES string of the molecule is CC1(C)CN(S(=O)(=O)Cl)CC(C)(C)O1. The normalized spacial score (nSPS) is 27.5. The van der Waals surface area contributed by atoms with Crippen LogP contribution in [-0.2, 0) is 14.0 Å². The lowest BCUT2D eigenvalue weighted by Gasteiger charge is -2.45. The van der Waals surface area contributed by atoms with E-state index in [0.717, 1.165) is 0 Å². The van der Waals surface area contributed by atoms with Crippen molar-refractivity contribution >= 4 is 19.9 Å². The van der Waals surface area contributed by atoms with Gasteiger partial charge < -0.3 is 4.74 Å². The van der Waals surface area contributed by atoms with Gasteiger partial charge in [0.15, 0.2) is 0 Å². The third-order valence-corrected chi connectivity index (χ3v) is 3.44. The molecule has 0 unspecified atom stereocenters. The second-order valence-electron chi connectivity index (χ2n) is 4.83. The van der Waals surface area contributed by atoms with Crippen molar-refractivity contribution in [3.63, 3.8) is 0 Å². The van der Waals surface area contributed by atoms with Crippen LogP contribution in [0, 0.1) is 0 Å². The maximum absolute atomic E-state index is 11.2. The van der Waals surface area contributed by atoms with Gasteiger partial charge in [-0.15, -0.1) is 0 Å². The quantitative estimate of drug-likeness (QED) is 0.652. The van der Waals surface area contributed by atoms with E-state index in [1.165, 1.54) is 4.31 Å². The Morgan fingerprint density at radius 2 is 1.50 bits per heavy atom. The molecule has 0 aromatic carbocycles. The molecule has 0 aromatic rings. The highest BCUT2D eigenvalue weighted by Crippen LogP contribution is 2.30. The molecule has 1 aliphatic rings. The molecule has 1 aliphatic heterocycles. The third kappa shape index (κ3) is 3.08. The molecule has 0 aliphatic carbocycles. The Bertz CT molecular complexity index is 307. The summed E-state index contributed by atoms with van der Waals surface area (Å²) >= 11 is 0. The molecule has 0 amide bonds. The van der Waals surface area contributed by atoms with Crippen molar-refractivity contribution in [1.82, 2.24) is 4.31 Å². The summed E-state index contributed by atoms with van der Waals surface area (Å²) in [4.78, 5) is 0. The lowest BCUT2D eigenvalue weighted by molar-refractivity contribution is -0.163. The van der Waals surface area contributed by atoms with Crippen LogP contribution >= 0.6 is 10.7 Å². The van der Waals surface area contributed by atoms with Crippen molar-refractivity contribution in [1.29, 1.82) is 0 Å². The topological polar surface area (TPSA) is 46.6 Å². The summed E-state index contributed by atoms with van der Waals surface area (Å²) in [6.07, 6.45) is 0. The van der Waals surface area contributed by atoms with E-state index in [4.69, 9.17) is 15.4 Å². The minimum atomic E-state index is -3.64. The predicted molar refractivity (Wildman–Crippen MR) is 55.6 cm³/mol. The van der Waals surface area contributed by atoms with Crippen molar-refractivity contribution in [2.75, 3.05) is 13.1 Å². The fourth-order valence-corrected chi connectivity index (χ4v) is 3.09. The lowest BCUT2D eigenvalue weighted by atomic mass is 10.0. The molecular formula is C8H16ClNO3S. The zero-order chi connectivity index (χ0) is 11.2. The van der Waals surface area contributed by atoms with Crippen molar-refractivity contribution in [2.24, 2.45) is 0 Å². The molecule has 1 rings (SSSR count). The van der Waals surface area contributed by atoms with Crippen molar-refractivity contribution in [3.05, 3.63) is 0 Å². The Balaban J connectivity index is 2.93. The fraction of sp³-hybridized carbons (Fsp3) is 1.00. The smallest absolute Gasteiger partial charge is 0.299 e. The molecule has 0 spiro atoms. The predicted octanol–water partition coefficient (Wildman–Crippen LogP) is 1.36. The second-order valence-corrected chi connectivity index (χ2v) is 7.34. The first-order valence-electron chi connectivity index (χ1n) is 4.42. The molecule has 0 bridgehead atoms. The first kappa shape index (κ1) is 12.2. The lowest BCUT2D eigenvalue weighted by Crippen LogP contribution is -2.57. The highest BCUT2D eigenvalue weighted by atomic mass is 35.7. The van der Waals surface area contributed by atoms with Gasteiger partial charge in [-0.3, -0.25) is 0 Å². The second kappa shape index (κ2) is 3.33. The number of halogens is 1. The summed E-state index contributed by atoms with van der Waals surface area (Å²) in [5, 5.41) is 0. The van der Waals surface area contributed by atoms with Crippen LogP contribution in [0.3, 0.4) is 0 Å². The van der Waals surface area contributed by atoms with Gasteiger partial charge in [-0.05, 0) is 27.7 Å². The number of hydrogen-bond donors (Lipinski definition) is 0. The van der Waals surface area contributed by atoms with Crippen LogP contribution in [0.2, 0.25) is 0 Å². The largest absolute Gasteiger partial charge is 0.367 e. The Hall–Kier alpha value is 0.160. The maximum atomic E-state index is 11.2. The van der Waals surface area contributed by atoms with Crippen LogP contribution in [0.5, 0.6) is 0 Å². The average molecular weight is 242 g/mol. The van der Waals surface area contributed by atoms with Crippen LogP contribution in [0.1, 0.15) is 27.7 Å². The van der Waals surface area contributed by atoms with E-state index >= 15 is 0 Å². The van der Waals surface area contributed by atoms with Crippen LogP contribution in [0.15, 0.2) is 0 Å². The monoisotopic (exact) mass is 241 g/mol. The summed E-state index contributed by atoms with van der Waals surface area (Å²) < 4.78 is 29.4. The summed E-state index contributed by atoms with van der Waals surface area (Å²) in [7, 11) is 1.67. The van der Waals surface area contributed by atoms with Crippen LogP contribution < -0.4 is 0 Å². The average Bonchev–Trinajstić information content (AvgIpc) is 1.76. The zero-order valence-corrected chi connectivity index (χ0v) is 10.4. The Morgan fingerprint density at radius 1 is 1.14 bits per heavy atom. The van der Waals surface area contributed by atoms with E-state index in [1.54, 1.807) is 0 Å². The fourth-order valence-electron chi connectivity index (χ4n) is 1.87. The molecule has 4 nitrogen and oxygen atoms in total. The minimum absolute atomic E-state index is 0.294. The number of ether oxygens (including phenoxy) is 1. The van der Waals surface area contributed by atoms with Gasteiger partial charge in [0, 0.05) is 23.8 Å². The zero-order valence-electron chi connectivity index (χ0n) is 8.87. The van der Waals surface area contributed by atoms with E-state index in [2.05, 4.69) is 0 Å². The molecule has 0 aromatic heterocycles. The van der Waals surface area contributed by atoms with E-state index in [1.807, 2.05) is 27.7 Å². The molecule has 0 saturated carbocycles. The Labute approximate surface area is 89.7 Å². The molecule has 1 fully saturated rings. The third-order valence-electron chi connectivity index (χ3n) is 1.98. The van der Waals surface area contributed by atoms with Gasteiger partial charge in [0.25, 0.3) is 9.24 Å². The van der Waals surface area contributed by atoms with Crippen molar-refractivity contribution in [3.8, 4) is 0 Å². The summed E-state index contributed by atoms with van der Waals surface area (Å²) in [6.45, 7) is 7.99. The molecule has 1 heterocycles. The van der Waals surface area contributed by atoms with E-state index in [9.17, 15) is 8.42 Å². The molecule has 0 N–H and O–H groups in total. The molecule has 0 radical (unpaired) electrons. The Kier molecular flexibility index (Phi) is 2.91. The van der Waals surface area contributed by atoms with E-state index in [0.29, 0.717) is 13.1 Å². The first-order chi connectivity index (χ1) is 6.02. The van der Waals surface area contributed by atoms with Gasteiger partial charge in [-0.25, -0.2) is 0 Å². The summed E-state index contributed by atoms with van der Waals surface area (Å²) in [5.74, 6) is 0. The number of rotatable bonds is 1. The van der Waals surface area contributed by atoms with Gasteiger partial charge in [0.05, 0.1) is 11.2 Å². The molecule has 84 valence electrons. The van der Waals surface area contributed by atoms with Gasteiger partial charge in [0.1, 0.15) is 0 Å². The van der Waals surface area contributed by atoms with Gasteiger partial charge in [-0.2, -0.15) is 12.7 Å². The van der Waals surface area contributed by atoms with Crippen LogP contribution in [-0.4, -0.2) is 37.0 Å². The van der Waals surface area contributed by atoms with Gasteiger partial charge in [0.2, 0.25) is 0 Å². The van der Waals surface area contributed by atoms with E-state index in [-0.39, 0.29) is 0 Å². The highest BCUT2D eigenvalue weighted by Gasteiger charge is 2.42. The Morgan fingerprint density at radius 3 is 1.79 bits per heavy atom. The highest BCUT2D eigenvalue weighted by molar-refractivity contribution is 8.11. The summed E-state index contributed by atoms with van der Waals surface area (Å²) in [6, 6.07) is 0. The van der Waals surface area contributed by atoms with Crippen LogP contribution in [0.4, 0.5) is 0 Å². The molecule has 1 saturated heterocycles. The molecule has 0 atom stereocenters. The molecule has 6 heteroatoms. The number of hydrogen-bond acceptors (Lipinski definition) is 3. The van der Waals surface area contributed by atoms with Crippen LogP contribution in [0.25, 0.3) is 0 Å².